The van der Waals surface area contributed by atoms with Crippen LogP contribution in [0.5, 0.6) is 5.75 Å². The number of carbonyl (C=O) groups is 1. The van der Waals surface area contributed by atoms with Crippen molar-refractivity contribution in [2.75, 3.05) is 22.4 Å². The molecule has 0 unspecified atom stereocenters. The molecule has 3 aromatic carbocycles. The Morgan fingerprint density at radius 3 is 2.35 bits per heavy atom. The van der Waals surface area contributed by atoms with E-state index in [9.17, 15) is 13.2 Å². The van der Waals surface area contributed by atoms with Crippen LogP contribution in [0.2, 0.25) is 0 Å². The summed E-state index contributed by atoms with van der Waals surface area (Å²) in [4.78, 5) is 12.7. The quantitative estimate of drug-likeness (QED) is 0.360. The van der Waals surface area contributed by atoms with E-state index in [-0.39, 0.29) is 11.0 Å². The Balaban J connectivity index is 1.43. The molecule has 0 spiro atoms. The number of hydrogen-bond acceptors (Lipinski definition) is 6. The number of ether oxygens (including phenoxy) is 1. The summed E-state index contributed by atoms with van der Waals surface area (Å²) in [5.74, 6) is 2.26. The highest BCUT2D eigenvalue weighted by molar-refractivity contribution is 8.00. The van der Waals surface area contributed by atoms with Crippen LogP contribution in [0.3, 0.4) is 0 Å². The summed E-state index contributed by atoms with van der Waals surface area (Å²) in [5.41, 5.74) is 4.53. The van der Waals surface area contributed by atoms with Crippen LogP contribution in [-0.2, 0) is 14.8 Å². The molecule has 1 aliphatic rings. The minimum Gasteiger partial charge on any atom is -0.489 e. The zero-order valence-electron chi connectivity index (χ0n) is 18.6. The summed E-state index contributed by atoms with van der Waals surface area (Å²) in [5, 5.41) is 3.98. The number of carbonyl (C=O) groups excluding carboxylic acids is 1. The smallest absolute Gasteiger partial charge is 0.264 e. The van der Waals surface area contributed by atoms with Gasteiger partial charge in [-0.25, -0.2) is 13.8 Å². The summed E-state index contributed by atoms with van der Waals surface area (Å²) < 4.78 is 33.5. The first-order valence-electron chi connectivity index (χ1n) is 10.7. The third-order valence-electron chi connectivity index (χ3n) is 5.13. The van der Waals surface area contributed by atoms with Crippen molar-refractivity contribution >= 4 is 39.6 Å². The van der Waals surface area contributed by atoms with Crippen molar-refractivity contribution < 1.29 is 17.9 Å². The van der Waals surface area contributed by atoms with Crippen LogP contribution >= 0.6 is 11.8 Å². The zero-order chi connectivity index (χ0) is 24.0. The lowest BCUT2D eigenvalue weighted by atomic mass is 10.2. The number of thioether (sulfide) groups is 1. The molecule has 7 nitrogen and oxygen atoms in total. The summed E-state index contributed by atoms with van der Waals surface area (Å²) in [6.45, 7) is 1.47. The van der Waals surface area contributed by atoms with Crippen molar-refractivity contribution in [3.63, 3.8) is 0 Å². The Morgan fingerprint density at radius 2 is 1.74 bits per heavy atom. The van der Waals surface area contributed by atoms with Gasteiger partial charge in [0, 0.05) is 11.5 Å². The number of rotatable bonds is 9. The van der Waals surface area contributed by atoms with E-state index >= 15 is 0 Å². The first kappa shape index (κ1) is 23.8. The molecule has 0 aromatic heterocycles. The molecule has 4 rings (SSSR count). The van der Waals surface area contributed by atoms with Crippen LogP contribution < -0.4 is 14.5 Å². The largest absolute Gasteiger partial charge is 0.489 e. The predicted molar refractivity (Wildman–Crippen MR) is 136 cm³/mol. The van der Waals surface area contributed by atoms with E-state index in [0.29, 0.717) is 5.69 Å². The molecule has 0 saturated carbocycles. The van der Waals surface area contributed by atoms with Crippen molar-refractivity contribution in [1.29, 1.82) is 0 Å². The van der Waals surface area contributed by atoms with Crippen molar-refractivity contribution in [2.45, 2.75) is 17.9 Å². The fraction of sp³-hybridized carbons (Fsp3) is 0.200. The number of para-hydroxylation sites is 1. The van der Waals surface area contributed by atoms with Crippen LogP contribution in [0.25, 0.3) is 0 Å². The molecule has 3 aromatic rings. The predicted octanol–water partition coefficient (Wildman–Crippen LogP) is 3.83. The minimum atomic E-state index is -3.95. The molecular formula is C25H25N3O4S2. The monoisotopic (exact) mass is 495 g/mol. The maximum atomic E-state index is 13.3. The molecule has 34 heavy (non-hydrogen) atoms. The SMILES string of the molecule is Cc1ccc(S(=O)(=O)N(CC(=O)N/N=C\c2ccc(OC3CSC3)cc2)c2ccccc2)cc1. The summed E-state index contributed by atoms with van der Waals surface area (Å²) in [6, 6.07) is 22.4. The Morgan fingerprint density at radius 1 is 1.06 bits per heavy atom. The van der Waals surface area contributed by atoms with E-state index in [0.717, 1.165) is 32.7 Å². The second-order valence-electron chi connectivity index (χ2n) is 7.80. The van der Waals surface area contributed by atoms with Crippen molar-refractivity contribution in [2.24, 2.45) is 5.10 Å². The van der Waals surface area contributed by atoms with E-state index in [1.165, 1.54) is 18.3 Å². The van der Waals surface area contributed by atoms with Gasteiger partial charge in [0.2, 0.25) is 0 Å². The number of benzene rings is 3. The maximum Gasteiger partial charge on any atom is 0.264 e. The van der Waals surface area contributed by atoms with Crippen LogP contribution in [0.1, 0.15) is 11.1 Å². The molecule has 0 radical (unpaired) electrons. The van der Waals surface area contributed by atoms with Crippen molar-refractivity contribution in [3.8, 4) is 5.75 Å². The fourth-order valence-corrected chi connectivity index (χ4v) is 5.18. The second kappa shape index (κ2) is 10.8. The molecule has 1 amide bonds. The zero-order valence-corrected chi connectivity index (χ0v) is 20.3. The van der Waals surface area contributed by atoms with Gasteiger partial charge in [0.15, 0.2) is 0 Å². The highest BCUT2D eigenvalue weighted by atomic mass is 32.2. The average Bonchev–Trinajstić information content (AvgIpc) is 2.81. The van der Waals surface area contributed by atoms with E-state index in [1.54, 1.807) is 42.5 Å². The molecule has 1 aliphatic heterocycles. The molecule has 1 fully saturated rings. The van der Waals surface area contributed by atoms with Gasteiger partial charge in [-0.2, -0.15) is 16.9 Å². The minimum absolute atomic E-state index is 0.112. The van der Waals surface area contributed by atoms with Gasteiger partial charge < -0.3 is 4.74 Å². The fourth-order valence-electron chi connectivity index (χ4n) is 3.20. The summed E-state index contributed by atoms with van der Waals surface area (Å²) >= 11 is 1.86. The van der Waals surface area contributed by atoms with Gasteiger partial charge in [-0.15, -0.1) is 0 Å². The Labute approximate surface area is 203 Å². The van der Waals surface area contributed by atoms with Crippen LogP contribution in [0.4, 0.5) is 5.69 Å². The van der Waals surface area contributed by atoms with E-state index in [1.807, 2.05) is 43.0 Å². The first-order chi connectivity index (χ1) is 16.4. The Bertz CT molecular complexity index is 1240. The lowest BCUT2D eigenvalue weighted by molar-refractivity contribution is -0.119. The number of hydrogen-bond donors (Lipinski definition) is 1. The van der Waals surface area contributed by atoms with E-state index < -0.39 is 22.5 Å². The number of nitrogens with zero attached hydrogens (tertiary/aromatic N) is 2. The van der Waals surface area contributed by atoms with Gasteiger partial charge in [-0.3, -0.25) is 9.10 Å². The molecule has 1 N–H and O–H groups in total. The van der Waals surface area contributed by atoms with Gasteiger partial charge >= 0.3 is 0 Å². The lowest BCUT2D eigenvalue weighted by Crippen LogP contribution is -2.39. The van der Waals surface area contributed by atoms with Crippen molar-refractivity contribution in [1.82, 2.24) is 5.43 Å². The lowest BCUT2D eigenvalue weighted by Gasteiger charge is -2.25. The first-order valence-corrected chi connectivity index (χ1v) is 13.3. The molecule has 1 saturated heterocycles. The number of anilines is 1. The molecule has 176 valence electrons. The highest BCUT2D eigenvalue weighted by Gasteiger charge is 2.27. The number of hydrazone groups is 1. The third kappa shape index (κ3) is 5.98. The van der Waals surface area contributed by atoms with Gasteiger partial charge in [-0.1, -0.05) is 35.9 Å². The van der Waals surface area contributed by atoms with Gasteiger partial charge in [0.1, 0.15) is 18.4 Å². The molecule has 0 atom stereocenters. The number of nitrogens with one attached hydrogen (secondary N) is 1. The summed E-state index contributed by atoms with van der Waals surface area (Å²) in [7, 11) is -3.95. The van der Waals surface area contributed by atoms with E-state index in [4.69, 9.17) is 4.74 Å². The van der Waals surface area contributed by atoms with E-state index in [2.05, 4.69) is 10.5 Å². The summed E-state index contributed by atoms with van der Waals surface area (Å²) in [6.07, 6.45) is 1.77. The highest BCUT2D eigenvalue weighted by Crippen LogP contribution is 2.24. The molecule has 9 heteroatoms. The Kier molecular flexibility index (Phi) is 7.54. The number of amides is 1. The molecule has 0 aliphatic carbocycles. The van der Waals surface area contributed by atoms with Crippen LogP contribution in [-0.4, -0.2) is 44.7 Å². The molecule has 0 bridgehead atoms. The maximum absolute atomic E-state index is 13.3. The second-order valence-corrected chi connectivity index (χ2v) is 10.7. The van der Waals surface area contributed by atoms with Crippen molar-refractivity contribution in [3.05, 3.63) is 90.0 Å². The van der Waals surface area contributed by atoms with Crippen LogP contribution in [0.15, 0.2) is 88.9 Å². The Hall–Kier alpha value is -3.30. The standard InChI is InChI=1S/C25H25N3O4S2/c1-19-7-13-24(14-8-19)34(30,31)28(21-5-3-2-4-6-21)16-25(29)27-26-15-20-9-11-22(12-10-20)32-23-17-33-18-23/h2-15,23H,16-18H2,1H3,(H,27,29)/b26-15-. The third-order valence-corrected chi connectivity index (χ3v) is 8.14. The van der Waals surface area contributed by atoms with Crippen LogP contribution in [0, 0.1) is 6.92 Å². The topological polar surface area (TPSA) is 88.1 Å². The van der Waals surface area contributed by atoms with Gasteiger partial charge in [-0.05, 0) is 61.0 Å². The molecule has 1 heterocycles. The number of aryl methyl sites for hydroxylation is 1. The number of sulfonamides is 1. The average molecular weight is 496 g/mol. The normalized spacial score (nSPS) is 13.9. The molecular weight excluding hydrogens is 470 g/mol. The van der Waals surface area contributed by atoms with Gasteiger partial charge in [0.25, 0.3) is 15.9 Å². The van der Waals surface area contributed by atoms with Gasteiger partial charge in [0.05, 0.1) is 16.8 Å².